The van der Waals surface area contributed by atoms with Crippen molar-refractivity contribution in [1.29, 1.82) is 0 Å². The summed E-state index contributed by atoms with van der Waals surface area (Å²) in [6.07, 6.45) is 0.815. The number of carbonyl (C=O) groups excluding carboxylic acids is 1. The molecule has 1 aromatic carbocycles. The normalized spacial score (nSPS) is 12.9. The summed E-state index contributed by atoms with van der Waals surface area (Å²) < 4.78 is 40.4. The molecule has 0 aliphatic heterocycles. The highest BCUT2D eigenvalue weighted by molar-refractivity contribution is 7.92. The van der Waals surface area contributed by atoms with Crippen LogP contribution in [0.2, 0.25) is 0 Å². The van der Waals surface area contributed by atoms with Crippen LogP contribution in [0.3, 0.4) is 0 Å². The molecule has 0 aliphatic carbocycles. The molecule has 122 valence electrons. The number of ether oxygens (including phenoxy) is 1. The summed E-state index contributed by atoms with van der Waals surface area (Å²) in [5.74, 6) is -1.99. The maximum Gasteiger partial charge on any atom is 0.321 e. The van der Waals surface area contributed by atoms with Crippen LogP contribution in [0.5, 0.6) is 0 Å². The Labute approximate surface area is 130 Å². The largest absolute Gasteiger partial charge is 0.462 e. The van der Waals surface area contributed by atoms with Gasteiger partial charge >= 0.3 is 5.97 Å². The fraction of sp³-hybridized carbons (Fsp3) is 0.417. The van der Waals surface area contributed by atoms with Crippen molar-refractivity contribution < 1.29 is 27.1 Å². The van der Waals surface area contributed by atoms with E-state index in [4.69, 9.17) is 4.74 Å². The van der Waals surface area contributed by atoms with Gasteiger partial charge in [-0.25, -0.2) is 8.42 Å². The summed E-state index contributed by atoms with van der Waals surface area (Å²) in [5.41, 5.74) is -0.718. The molecule has 0 heterocycles. The molecular formula is C12H15NO7S2. The quantitative estimate of drug-likeness (QED) is 0.427. The van der Waals surface area contributed by atoms with Crippen LogP contribution in [0, 0.1) is 10.1 Å². The standard InChI is InChI=1S/C12H15NO7S2/c1-8(2)20-12(14)7-22(18,19)11-5-4-9(21(3)17)6-10(11)13(15)16/h4-6,8H,7H2,1-3H3/t21-/m1/s1. The third-order valence-electron chi connectivity index (χ3n) is 2.47. The molecule has 0 N–H and O–H groups in total. The Morgan fingerprint density at radius 3 is 2.45 bits per heavy atom. The van der Waals surface area contributed by atoms with Crippen LogP contribution in [0.15, 0.2) is 28.0 Å². The van der Waals surface area contributed by atoms with Crippen molar-refractivity contribution >= 4 is 32.3 Å². The van der Waals surface area contributed by atoms with Gasteiger partial charge in [-0.3, -0.25) is 19.1 Å². The van der Waals surface area contributed by atoms with Crippen molar-refractivity contribution in [2.24, 2.45) is 0 Å². The van der Waals surface area contributed by atoms with Crippen molar-refractivity contribution in [2.75, 3.05) is 12.0 Å². The number of esters is 1. The molecular weight excluding hydrogens is 334 g/mol. The third kappa shape index (κ3) is 4.60. The van der Waals surface area contributed by atoms with Crippen LogP contribution in [0.25, 0.3) is 0 Å². The number of sulfone groups is 1. The number of nitro benzene ring substituents is 1. The van der Waals surface area contributed by atoms with Crippen LogP contribution in [-0.2, 0) is 30.2 Å². The summed E-state index contributed by atoms with van der Waals surface area (Å²) >= 11 is 0. The number of carbonyl (C=O) groups is 1. The lowest BCUT2D eigenvalue weighted by Crippen LogP contribution is -2.22. The van der Waals surface area contributed by atoms with E-state index in [1.807, 2.05) is 0 Å². The van der Waals surface area contributed by atoms with Crippen molar-refractivity contribution in [2.45, 2.75) is 29.7 Å². The summed E-state index contributed by atoms with van der Waals surface area (Å²) in [4.78, 5) is 21.1. The Kier molecular flexibility index (Phi) is 5.78. The van der Waals surface area contributed by atoms with E-state index < -0.39 is 54.0 Å². The monoisotopic (exact) mass is 349 g/mol. The number of rotatable bonds is 6. The molecule has 1 rings (SSSR count). The molecule has 0 radical (unpaired) electrons. The fourth-order valence-electron chi connectivity index (χ4n) is 1.61. The van der Waals surface area contributed by atoms with Gasteiger partial charge < -0.3 is 4.74 Å². The van der Waals surface area contributed by atoms with Crippen molar-refractivity contribution in [3.63, 3.8) is 0 Å². The smallest absolute Gasteiger partial charge is 0.321 e. The van der Waals surface area contributed by atoms with Gasteiger partial charge in [0.1, 0.15) is 4.90 Å². The highest BCUT2D eigenvalue weighted by atomic mass is 32.2. The second-order valence-corrected chi connectivity index (χ2v) is 7.98. The van der Waals surface area contributed by atoms with Crippen LogP contribution in [0.1, 0.15) is 13.8 Å². The first-order valence-corrected chi connectivity index (χ1v) is 9.29. The zero-order valence-electron chi connectivity index (χ0n) is 12.1. The molecule has 0 fully saturated rings. The van der Waals surface area contributed by atoms with Gasteiger partial charge in [0.2, 0.25) is 0 Å². The Balaban J connectivity index is 3.27. The molecule has 0 aliphatic rings. The Bertz CT molecular complexity index is 725. The lowest BCUT2D eigenvalue weighted by atomic mass is 10.3. The summed E-state index contributed by atoms with van der Waals surface area (Å²) in [6, 6.07) is 3.12. The topological polar surface area (TPSA) is 121 Å². The maximum absolute atomic E-state index is 12.1. The van der Waals surface area contributed by atoms with Crippen LogP contribution in [-0.4, -0.2) is 41.6 Å². The molecule has 0 unspecified atom stereocenters. The molecule has 0 amide bonds. The molecule has 1 atom stereocenters. The van der Waals surface area contributed by atoms with Gasteiger partial charge in [-0.1, -0.05) is 0 Å². The van der Waals surface area contributed by atoms with E-state index in [1.165, 1.54) is 12.3 Å². The van der Waals surface area contributed by atoms with E-state index in [-0.39, 0.29) is 4.90 Å². The Hall–Kier alpha value is -1.81. The fourth-order valence-corrected chi connectivity index (χ4v) is 3.41. The van der Waals surface area contributed by atoms with Gasteiger partial charge in [0, 0.05) is 17.2 Å². The lowest BCUT2D eigenvalue weighted by molar-refractivity contribution is -0.388. The lowest BCUT2D eigenvalue weighted by Gasteiger charge is -2.09. The predicted molar refractivity (Wildman–Crippen MR) is 78.7 cm³/mol. The van der Waals surface area contributed by atoms with Crippen molar-refractivity contribution in [3.05, 3.63) is 28.3 Å². The minimum absolute atomic E-state index is 0.121. The number of nitrogens with zero attached hydrogens (tertiary/aromatic N) is 1. The first-order valence-electron chi connectivity index (χ1n) is 6.08. The minimum Gasteiger partial charge on any atom is -0.462 e. The highest BCUT2D eigenvalue weighted by Gasteiger charge is 2.29. The maximum atomic E-state index is 12.1. The average Bonchev–Trinajstić information content (AvgIpc) is 2.35. The van der Waals surface area contributed by atoms with E-state index in [2.05, 4.69) is 0 Å². The Morgan fingerprint density at radius 1 is 1.41 bits per heavy atom. The zero-order chi connectivity index (χ0) is 17.1. The Morgan fingerprint density at radius 2 is 2.00 bits per heavy atom. The zero-order valence-corrected chi connectivity index (χ0v) is 13.8. The molecule has 0 bridgehead atoms. The second-order valence-electron chi connectivity index (χ2n) is 4.64. The number of nitro groups is 1. The van der Waals surface area contributed by atoms with Crippen LogP contribution in [0.4, 0.5) is 5.69 Å². The molecule has 10 heteroatoms. The van der Waals surface area contributed by atoms with Gasteiger partial charge in [-0.15, -0.1) is 0 Å². The summed E-state index contributed by atoms with van der Waals surface area (Å²) in [7, 11) is -5.74. The number of hydrogen-bond acceptors (Lipinski definition) is 7. The molecule has 0 aromatic heterocycles. The van der Waals surface area contributed by atoms with Gasteiger partial charge in [0.15, 0.2) is 15.6 Å². The van der Waals surface area contributed by atoms with E-state index in [0.717, 1.165) is 12.1 Å². The predicted octanol–water partition coefficient (Wildman–Crippen LogP) is 1.06. The second kappa shape index (κ2) is 6.97. The van der Waals surface area contributed by atoms with Crippen LogP contribution >= 0.6 is 0 Å². The molecule has 22 heavy (non-hydrogen) atoms. The molecule has 1 aromatic rings. The van der Waals surface area contributed by atoms with Crippen LogP contribution < -0.4 is 0 Å². The first kappa shape index (κ1) is 18.2. The van der Waals surface area contributed by atoms with Crippen molar-refractivity contribution in [1.82, 2.24) is 0 Å². The number of hydrogen-bond donors (Lipinski definition) is 0. The molecule has 0 saturated heterocycles. The average molecular weight is 349 g/mol. The van der Waals surface area contributed by atoms with Crippen molar-refractivity contribution in [3.8, 4) is 0 Å². The van der Waals surface area contributed by atoms with E-state index in [1.54, 1.807) is 13.8 Å². The van der Waals surface area contributed by atoms with Gasteiger partial charge in [-0.2, -0.15) is 0 Å². The first-order chi connectivity index (χ1) is 10.0. The van der Waals surface area contributed by atoms with Gasteiger partial charge in [-0.05, 0) is 26.0 Å². The van der Waals surface area contributed by atoms with Gasteiger partial charge in [0.25, 0.3) is 5.69 Å². The summed E-state index contributed by atoms with van der Waals surface area (Å²) in [6.45, 7) is 3.11. The number of benzene rings is 1. The molecule has 0 spiro atoms. The summed E-state index contributed by atoms with van der Waals surface area (Å²) in [5, 5.41) is 11.0. The molecule has 8 nitrogen and oxygen atoms in total. The van der Waals surface area contributed by atoms with E-state index in [9.17, 15) is 27.5 Å². The van der Waals surface area contributed by atoms with E-state index in [0.29, 0.717) is 0 Å². The minimum atomic E-state index is -4.24. The highest BCUT2D eigenvalue weighted by Crippen LogP contribution is 2.27. The molecule has 0 saturated carbocycles. The van der Waals surface area contributed by atoms with E-state index >= 15 is 0 Å². The third-order valence-corrected chi connectivity index (χ3v) is 5.02. The SMILES string of the molecule is CC(C)OC(=O)CS(=O)(=O)c1ccc([S@@](C)=O)cc1[N+](=O)[O-]. The van der Waals surface area contributed by atoms with Gasteiger partial charge in [0.05, 0.1) is 21.8 Å².